The SMILES string of the molecule is C[C@H]1COCCN1c1cc(C2([S@](C)(=O)=NC(=O)CCc3cn(CCCCCCCC(=O)Nc4cccc5c4C(=O)N(C4CCC(=O)NC4=O)C5=O)nn3)CC2)nc(-c2ccnc3[nH]ccc23)n1. The second kappa shape index (κ2) is 18.9. The third-order valence-corrected chi connectivity index (χ3v) is 15.6. The van der Waals surface area contributed by atoms with Crippen LogP contribution in [0.5, 0.6) is 0 Å². The van der Waals surface area contributed by atoms with Crippen molar-refractivity contribution in [1.82, 2.24) is 45.1 Å². The molecule has 21 heteroatoms. The molecular formula is C46H52N12O8S. The van der Waals surface area contributed by atoms with E-state index in [0.29, 0.717) is 80.7 Å². The van der Waals surface area contributed by atoms with Gasteiger partial charge in [0.15, 0.2) is 5.82 Å². The molecule has 67 heavy (non-hydrogen) atoms. The number of amides is 6. The molecule has 0 radical (unpaired) electrons. The molecule has 20 nitrogen and oxygen atoms in total. The molecule has 350 valence electrons. The molecule has 3 fully saturated rings. The number of aryl methyl sites for hydroxylation is 2. The van der Waals surface area contributed by atoms with Crippen molar-refractivity contribution >= 4 is 67.7 Å². The Morgan fingerprint density at radius 3 is 2.63 bits per heavy atom. The number of piperidine rings is 1. The summed E-state index contributed by atoms with van der Waals surface area (Å²) >= 11 is 0. The number of pyridine rings is 1. The number of rotatable bonds is 17. The van der Waals surface area contributed by atoms with Gasteiger partial charge >= 0.3 is 0 Å². The van der Waals surface area contributed by atoms with Gasteiger partial charge in [0.2, 0.25) is 17.7 Å². The van der Waals surface area contributed by atoms with Crippen LogP contribution >= 0.6 is 0 Å². The quantitative estimate of drug-likeness (QED) is 0.0860. The minimum Gasteiger partial charge on any atom is -0.377 e. The number of carbonyl (C=O) groups excluding carboxylic acids is 6. The number of aromatic amines is 1. The number of nitrogens with zero attached hydrogens (tertiary/aromatic N) is 9. The summed E-state index contributed by atoms with van der Waals surface area (Å²) in [4.78, 5) is 97.4. The number of morpholine rings is 1. The monoisotopic (exact) mass is 932 g/mol. The van der Waals surface area contributed by atoms with Crippen LogP contribution in [0.1, 0.15) is 110 Å². The highest BCUT2D eigenvalue weighted by molar-refractivity contribution is 7.94. The molecule has 7 heterocycles. The Labute approximate surface area is 386 Å². The molecule has 0 bridgehead atoms. The molecule has 3 atom stereocenters. The summed E-state index contributed by atoms with van der Waals surface area (Å²) in [6.07, 6.45) is 12.7. The van der Waals surface area contributed by atoms with Gasteiger partial charge in [-0.15, -0.1) is 5.10 Å². The third-order valence-electron chi connectivity index (χ3n) is 13.0. The van der Waals surface area contributed by atoms with Gasteiger partial charge in [0.05, 0.1) is 61.9 Å². The molecule has 9 rings (SSSR count). The first kappa shape index (κ1) is 45.4. The average molecular weight is 933 g/mol. The zero-order valence-electron chi connectivity index (χ0n) is 37.4. The molecule has 4 aliphatic rings. The van der Waals surface area contributed by atoms with Crippen molar-refractivity contribution < 1.29 is 37.7 Å². The van der Waals surface area contributed by atoms with Gasteiger partial charge < -0.3 is 19.9 Å². The summed E-state index contributed by atoms with van der Waals surface area (Å²) < 4.78 is 25.4. The number of hydrogen-bond acceptors (Lipinski definition) is 14. The lowest BCUT2D eigenvalue weighted by atomic mass is 10.0. The number of H-pyrrole nitrogens is 1. The highest BCUT2D eigenvalue weighted by Gasteiger charge is 2.54. The van der Waals surface area contributed by atoms with Gasteiger partial charge in [0.25, 0.3) is 17.7 Å². The first-order valence-corrected chi connectivity index (χ1v) is 24.7. The summed E-state index contributed by atoms with van der Waals surface area (Å²) in [7, 11) is -3.08. The van der Waals surface area contributed by atoms with E-state index in [0.717, 1.165) is 41.5 Å². The van der Waals surface area contributed by atoms with E-state index in [1.165, 1.54) is 6.07 Å². The predicted molar refractivity (Wildman–Crippen MR) is 245 cm³/mol. The molecule has 4 aromatic heterocycles. The fourth-order valence-electron chi connectivity index (χ4n) is 9.15. The number of imide groups is 2. The molecule has 0 spiro atoms. The fraction of sp³-hybridized carbons (Fsp3) is 0.457. The van der Waals surface area contributed by atoms with Crippen molar-refractivity contribution in [2.75, 3.05) is 36.2 Å². The van der Waals surface area contributed by atoms with Gasteiger partial charge in [-0.2, -0.15) is 4.36 Å². The number of unbranched alkanes of at least 4 members (excludes halogenated alkanes) is 4. The van der Waals surface area contributed by atoms with Crippen molar-refractivity contribution in [1.29, 1.82) is 0 Å². The van der Waals surface area contributed by atoms with E-state index in [-0.39, 0.29) is 54.4 Å². The molecule has 3 N–H and O–H groups in total. The Kier molecular flexibility index (Phi) is 12.8. The van der Waals surface area contributed by atoms with Gasteiger partial charge in [-0.05, 0) is 63.3 Å². The number of nitrogens with one attached hydrogen (secondary N) is 3. The van der Waals surface area contributed by atoms with Crippen LogP contribution in [-0.2, 0) is 51.4 Å². The molecule has 3 aliphatic heterocycles. The Morgan fingerprint density at radius 2 is 1.82 bits per heavy atom. The predicted octanol–water partition coefficient (Wildman–Crippen LogP) is 4.46. The maximum atomic E-state index is 14.5. The molecule has 1 aromatic carbocycles. The molecule has 1 unspecified atom stereocenters. The van der Waals surface area contributed by atoms with Gasteiger partial charge in [-0.3, -0.25) is 43.7 Å². The van der Waals surface area contributed by atoms with Gasteiger partial charge in [-0.1, -0.05) is 30.5 Å². The lowest BCUT2D eigenvalue weighted by Gasteiger charge is -2.35. The smallest absolute Gasteiger partial charge is 0.264 e. The van der Waals surface area contributed by atoms with Gasteiger partial charge in [0.1, 0.15) is 17.5 Å². The highest BCUT2D eigenvalue weighted by Crippen LogP contribution is 2.53. The van der Waals surface area contributed by atoms with Crippen LogP contribution in [0.15, 0.2) is 59.4 Å². The summed E-state index contributed by atoms with van der Waals surface area (Å²) in [6, 6.07) is 9.30. The van der Waals surface area contributed by atoms with E-state index in [4.69, 9.17) is 14.7 Å². The summed E-state index contributed by atoms with van der Waals surface area (Å²) in [5.41, 5.74) is 3.10. The standard InChI is InChI=1S/C46H52N12O8S/c1-28-27-66-24-23-57(28)36-25-35(50-42(51-36)31-17-21-48-41-30(31)16-20-47-41)46(18-19-46)67(2,65)54-39(61)14-12-29-26-56(55-53-29)22-7-5-3-4-6-11-37(59)49-33-10-8-9-32-40(33)45(64)58(44(32)63)34-13-15-38(60)52-43(34)62/h8-10,16-17,20-21,25-26,28,34H,3-7,11-15,18-19,22-24,27H2,1-2H3,(H,47,48)(H,49,59)(H,52,60,62)/t28-,34?,67-/m0/s1. The van der Waals surface area contributed by atoms with Crippen molar-refractivity contribution in [3.63, 3.8) is 0 Å². The maximum absolute atomic E-state index is 14.5. The molecular weight excluding hydrogens is 881 g/mol. The van der Waals surface area contributed by atoms with E-state index in [1.807, 2.05) is 30.6 Å². The molecule has 1 aliphatic carbocycles. The van der Waals surface area contributed by atoms with Gasteiger partial charge in [-0.25, -0.2) is 19.2 Å². The topological polar surface area (TPSA) is 257 Å². The first-order valence-electron chi connectivity index (χ1n) is 22.8. The lowest BCUT2D eigenvalue weighted by molar-refractivity contribution is -0.136. The zero-order chi connectivity index (χ0) is 46.9. The van der Waals surface area contributed by atoms with E-state index < -0.39 is 50.1 Å². The van der Waals surface area contributed by atoms with Crippen LogP contribution in [0.2, 0.25) is 0 Å². The minimum atomic E-state index is -3.08. The summed E-state index contributed by atoms with van der Waals surface area (Å²) in [5.74, 6) is -2.02. The van der Waals surface area contributed by atoms with E-state index in [2.05, 4.69) is 47.1 Å². The van der Waals surface area contributed by atoms with E-state index in [9.17, 15) is 33.0 Å². The van der Waals surface area contributed by atoms with E-state index >= 15 is 0 Å². The molecule has 6 amide bonds. The lowest BCUT2D eigenvalue weighted by Crippen LogP contribution is -2.54. The summed E-state index contributed by atoms with van der Waals surface area (Å²) in [6.45, 7) is 4.46. The van der Waals surface area contributed by atoms with Crippen molar-refractivity contribution in [3.8, 4) is 11.4 Å². The fourth-order valence-corrected chi connectivity index (χ4v) is 11.2. The van der Waals surface area contributed by atoms with Crippen LogP contribution in [0.4, 0.5) is 11.5 Å². The number of anilines is 2. The Balaban J connectivity index is 0.740. The van der Waals surface area contributed by atoms with Crippen molar-refractivity contribution in [2.24, 2.45) is 4.36 Å². The number of benzene rings is 1. The van der Waals surface area contributed by atoms with Crippen LogP contribution in [-0.4, -0.2) is 118 Å². The van der Waals surface area contributed by atoms with Gasteiger partial charge in [0, 0.05) is 80.6 Å². The maximum Gasteiger partial charge on any atom is 0.264 e. The largest absolute Gasteiger partial charge is 0.377 e. The number of carbonyl (C=O) groups is 6. The van der Waals surface area contributed by atoms with Crippen LogP contribution in [0.3, 0.4) is 0 Å². The minimum absolute atomic E-state index is 0.0155. The molecule has 5 aromatic rings. The highest BCUT2D eigenvalue weighted by atomic mass is 32.2. The number of ether oxygens (including phenoxy) is 1. The van der Waals surface area contributed by atoms with Crippen LogP contribution < -0.4 is 15.5 Å². The van der Waals surface area contributed by atoms with E-state index in [1.54, 1.807) is 29.3 Å². The second-order valence-corrected chi connectivity index (χ2v) is 20.2. The number of hydrogen-bond donors (Lipinski definition) is 3. The Hall–Kier alpha value is -6.74. The second-order valence-electron chi connectivity index (χ2n) is 17.6. The normalized spacial score (nSPS) is 19.9. The van der Waals surface area contributed by atoms with Crippen LogP contribution in [0, 0.1) is 0 Å². The number of fused-ring (bicyclic) bond motifs is 2. The molecule has 1 saturated carbocycles. The Bertz CT molecular complexity index is 2920. The van der Waals surface area contributed by atoms with Crippen molar-refractivity contribution in [2.45, 2.75) is 107 Å². The van der Waals surface area contributed by atoms with Crippen LogP contribution in [0.25, 0.3) is 22.4 Å². The van der Waals surface area contributed by atoms with Crippen molar-refractivity contribution in [3.05, 3.63) is 77.5 Å². The summed E-state index contributed by atoms with van der Waals surface area (Å²) in [5, 5.41) is 14.3. The third kappa shape index (κ3) is 9.34. The average Bonchev–Trinajstić information content (AvgIpc) is 3.66. The first-order chi connectivity index (χ1) is 32.3. The Morgan fingerprint density at radius 1 is 1.00 bits per heavy atom. The zero-order valence-corrected chi connectivity index (χ0v) is 38.2. The number of aromatic nitrogens is 7. The molecule has 2 saturated heterocycles.